The first kappa shape index (κ1) is 17.2. The van der Waals surface area contributed by atoms with Crippen LogP contribution in [-0.4, -0.2) is 8.96 Å². The molecule has 114 valence electrons. The van der Waals surface area contributed by atoms with E-state index < -0.39 is 34.9 Å². The summed E-state index contributed by atoms with van der Waals surface area (Å²) in [6.45, 7) is 6.12. The summed E-state index contributed by atoms with van der Waals surface area (Å²) >= 11 is 0. The van der Waals surface area contributed by atoms with Crippen molar-refractivity contribution in [1.82, 2.24) is 4.72 Å². The van der Waals surface area contributed by atoms with E-state index in [1.54, 1.807) is 33.8 Å². The molecule has 6 heteroatoms. The van der Waals surface area contributed by atoms with Gasteiger partial charge in [0.2, 0.25) is 0 Å². The Kier molecular flexibility index (Phi) is 5.77. The van der Waals surface area contributed by atoms with Gasteiger partial charge >= 0.3 is 0 Å². The van der Waals surface area contributed by atoms with Gasteiger partial charge in [0.05, 0.1) is 15.7 Å². The van der Waals surface area contributed by atoms with Crippen LogP contribution in [-0.2, 0) is 17.7 Å². The Balaban J connectivity index is 3.07. The van der Waals surface area contributed by atoms with Gasteiger partial charge in [-0.05, 0) is 38.8 Å². The minimum atomic E-state index is -2.72. The largest absolute Gasteiger partial charge is 0.264 e. The maximum absolute atomic E-state index is 13.1. The molecular weight excluding hydrogens is 287 g/mol. The van der Waals surface area contributed by atoms with Crippen LogP contribution >= 0.6 is 0 Å². The predicted octanol–water partition coefficient (Wildman–Crippen LogP) is 4.21. The zero-order chi connectivity index (χ0) is 15.5. The second-order valence-electron chi connectivity index (χ2n) is 5.57. The molecule has 0 spiro atoms. The lowest BCUT2D eigenvalue weighted by molar-refractivity contribution is 0.149. The Bertz CT molecular complexity index is 486. The molecule has 1 aromatic rings. The lowest BCUT2D eigenvalue weighted by atomic mass is 9.98. The molecule has 0 heterocycles. The zero-order valence-electron chi connectivity index (χ0n) is 12.0. The molecule has 1 aromatic carbocycles. The van der Waals surface area contributed by atoms with Crippen LogP contribution in [0.15, 0.2) is 18.2 Å². The van der Waals surface area contributed by atoms with Gasteiger partial charge in [0.15, 0.2) is 0 Å². The predicted molar refractivity (Wildman–Crippen MR) is 75.7 cm³/mol. The smallest absolute Gasteiger partial charge is 0.246 e. The number of alkyl halides is 3. The van der Waals surface area contributed by atoms with Gasteiger partial charge in [-0.2, -0.15) is 0 Å². The lowest BCUT2D eigenvalue weighted by Crippen LogP contribution is -2.35. The minimum absolute atomic E-state index is 0.0200. The van der Waals surface area contributed by atoms with Crippen LogP contribution in [0.5, 0.6) is 0 Å². The molecule has 0 aliphatic carbocycles. The lowest BCUT2D eigenvalue weighted by Gasteiger charge is -2.24. The van der Waals surface area contributed by atoms with Gasteiger partial charge in [-0.3, -0.25) is 0 Å². The third-order valence-corrected chi connectivity index (χ3v) is 4.60. The number of halogens is 3. The number of hydrogen-bond acceptors (Lipinski definition) is 1. The van der Waals surface area contributed by atoms with Crippen molar-refractivity contribution in [3.8, 4) is 0 Å². The molecule has 0 bridgehead atoms. The summed E-state index contributed by atoms with van der Waals surface area (Å²) in [5.41, 5.74) is 0.0940. The standard InChI is InChI=1S/C14H20F3NOS/c1-9(18-20(19)14(2,3)4)10-6-5-7-11(13(16)17)12(10)8-15/h5-7,9,13,18H,8H2,1-4H3/t9-,20?/m1/s1. The Morgan fingerprint density at radius 2 is 1.80 bits per heavy atom. The topological polar surface area (TPSA) is 29.1 Å². The Morgan fingerprint density at radius 1 is 1.25 bits per heavy atom. The summed E-state index contributed by atoms with van der Waals surface area (Å²) in [6.07, 6.45) is -2.72. The fraction of sp³-hybridized carbons (Fsp3) is 0.571. The molecule has 1 N–H and O–H groups in total. The van der Waals surface area contributed by atoms with Crippen LogP contribution in [0.3, 0.4) is 0 Å². The molecule has 20 heavy (non-hydrogen) atoms. The molecule has 0 saturated heterocycles. The zero-order valence-corrected chi connectivity index (χ0v) is 12.9. The highest BCUT2D eigenvalue weighted by Crippen LogP contribution is 2.30. The fourth-order valence-corrected chi connectivity index (χ4v) is 2.59. The molecule has 0 radical (unpaired) electrons. The third kappa shape index (κ3) is 4.06. The molecule has 0 saturated carbocycles. The SMILES string of the molecule is C[C@@H](NS(=O)C(C)(C)C)c1cccc(C(F)F)c1CF. The van der Waals surface area contributed by atoms with Gasteiger partial charge in [0.1, 0.15) is 6.67 Å². The average Bonchev–Trinajstić information content (AvgIpc) is 2.36. The van der Waals surface area contributed by atoms with Gasteiger partial charge in [-0.15, -0.1) is 0 Å². The summed E-state index contributed by atoms with van der Waals surface area (Å²) in [4.78, 5) is 0. The summed E-state index contributed by atoms with van der Waals surface area (Å²) < 4.78 is 53.2. The van der Waals surface area contributed by atoms with Crippen molar-refractivity contribution < 1.29 is 17.4 Å². The first-order chi connectivity index (χ1) is 9.18. The monoisotopic (exact) mass is 307 g/mol. The van der Waals surface area contributed by atoms with E-state index >= 15 is 0 Å². The molecular formula is C14H20F3NOS. The van der Waals surface area contributed by atoms with E-state index in [-0.39, 0.29) is 11.1 Å². The summed E-state index contributed by atoms with van der Waals surface area (Å²) in [6, 6.07) is 3.79. The summed E-state index contributed by atoms with van der Waals surface area (Å²) in [7, 11) is -1.36. The van der Waals surface area contributed by atoms with Crippen LogP contribution in [0, 0.1) is 0 Å². The normalized spacial score (nSPS) is 15.4. The number of rotatable bonds is 5. The number of benzene rings is 1. The van der Waals surface area contributed by atoms with Crippen LogP contribution in [0.4, 0.5) is 13.2 Å². The maximum atomic E-state index is 13.1. The first-order valence-corrected chi connectivity index (χ1v) is 7.47. The number of hydrogen-bond donors (Lipinski definition) is 1. The van der Waals surface area contributed by atoms with Gasteiger partial charge in [0, 0.05) is 11.6 Å². The fourth-order valence-electron chi connectivity index (χ4n) is 1.79. The molecule has 0 aliphatic heterocycles. The van der Waals surface area contributed by atoms with Crippen molar-refractivity contribution in [2.75, 3.05) is 0 Å². The van der Waals surface area contributed by atoms with E-state index in [4.69, 9.17) is 0 Å². The molecule has 1 unspecified atom stereocenters. The highest BCUT2D eigenvalue weighted by Gasteiger charge is 2.24. The van der Waals surface area contributed by atoms with Crippen molar-refractivity contribution in [2.24, 2.45) is 0 Å². The van der Waals surface area contributed by atoms with Crippen LogP contribution in [0.2, 0.25) is 0 Å². The molecule has 0 aliphatic rings. The summed E-state index contributed by atoms with van der Waals surface area (Å²) in [5, 5.41) is 0. The quantitative estimate of drug-likeness (QED) is 0.867. The van der Waals surface area contributed by atoms with Crippen molar-refractivity contribution >= 4 is 11.0 Å². The summed E-state index contributed by atoms with van der Waals surface area (Å²) in [5.74, 6) is 0. The molecule has 0 amide bonds. The van der Waals surface area contributed by atoms with Crippen LogP contribution in [0.25, 0.3) is 0 Å². The van der Waals surface area contributed by atoms with Crippen molar-refractivity contribution in [3.63, 3.8) is 0 Å². The third-order valence-electron chi connectivity index (χ3n) is 2.92. The van der Waals surface area contributed by atoms with Gasteiger partial charge < -0.3 is 0 Å². The van der Waals surface area contributed by atoms with E-state index in [0.29, 0.717) is 5.56 Å². The molecule has 1 rings (SSSR count). The maximum Gasteiger partial charge on any atom is 0.264 e. The van der Waals surface area contributed by atoms with Crippen LogP contribution < -0.4 is 4.72 Å². The first-order valence-electron chi connectivity index (χ1n) is 6.32. The van der Waals surface area contributed by atoms with Crippen molar-refractivity contribution in [1.29, 1.82) is 0 Å². The molecule has 2 nitrogen and oxygen atoms in total. The van der Waals surface area contributed by atoms with Gasteiger partial charge in [-0.1, -0.05) is 18.2 Å². The van der Waals surface area contributed by atoms with E-state index in [0.717, 1.165) is 0 Å². The Morgan fingerprint density at radius 3 is 2.25 bits per heavy atom. The van der Waals surface area contributed by atoms with E-state index in [1.165, 1.54) is 12.1 Å². The van der Waals surface area contributed by atoms with Gasteiger partial charge in [0.25, 0.3) is 6.43 Å². The Labute approximate surface area is 120 Å². The Hall–Kier alpha value is -0.880. The molecule has 0 aromatic heterocycles. The van der Waals surface area contributed by atoms with Crippen molar-refractivity contribution in [2.45, 2.75) is 51.6 Å². The number of nitrogens with one attached hydrogen (secondary N) is 1. The van der Waals surface area contributed by atoms with Crippen molar-refractivity contribution in [3.05, 3.63) is 34.9 Å². The second-order valence-corrected chi connectivity index (χ2v) is 7.57. The second kappa shape index (κ2) is 6.72. The van der Waals surface area contributed by atoms with Crippen LogP contribution in [0.1, 0.15) is 56.9 Å². The molecule has 0 fully saturated rings. The average molecular weight is 307 g/mol. The minimum Gasteiger partial charge on any atom is -0.246 e. The van der Waals surface area contributed by atoms with E-state index in [2.05, 4.69) is 4.72 Å². The van der Waals surface area contributed by atoms with E-state index in [1.807, 2.05) is 0 Å². The molecule has 2 atom stereocenters. The van der Waals surface area contributed by atoms with Gasteiger partial charge in [-0.25, -0.2) is 22.1 Å². The highest BCUT2D eigenvalue weighted by molar-refractivity contribution is 7.84. The highest BCUT2D eigenvalue weighted by atomic mass is 32.2. The van der Waals surface area contributed by atoms with E-state index in [9.17, 15) is 17.4 Å².